The molecule has 0 saturated heterocycles. The van der Waals surface area contributed by atoms with E-state index in [0.717, 1.165) is 5.56 Å². The molecule has 5 nitrogen and oxygen atoms in total. The molecule has 0 atom stereocenters. The van der Waals surface area contributed by atoms with Gasteiger partial charge in [0.05, 0.1) is 0 Å². The molecule has 2 heterocycles. The number of nitrogens with zero attached hydrogens (tertiary/aromatic N) is 2. The van der Waals surface area contributed by atoms with Crippen LogP contribution in [0.3, 0.4) is 0 Å². The van der Waals surface area contributed by atoms with E-state index < -0.39 is 5.97 Å². The standard InChI is InChI=1S/C10H9N3O2S2/c11-8-9(13-3-2-12-8)17-5-6-1-4-16-7(6)10(14)15/h1-4H,5H2,(H2,11,12)(H,14,15). The maximum Gasteiger partial charge on any atom is 0.346 e. The van der Waals surface area contributed by atoms with Crippen molar-refractivity contribution in [2.75, 3.05) is 5.73 Å². The van der Waals surface area contributed by atoms with Crippen molar-refractivity contribution >= 4 is 34.9 Å². The molecule has 3 N–H and O–H groups in total. The fourth-order valence-electron chi connectivity index (χ4n) is 1.23. The Morgan fingerprint density at radius 2 is 2.24 bits per heavy atom. The van der Waals surface area contributed by atoms with E-state index >= 15 is 0 Å². The second kappa shape index (κ2) is 5.15. The molecule has 0 bridgehead atoms. The van der Waals surface area contributed by atoms with Gasteiger partial charge >= 0.3 is 5.97 Å². The summed E-state index contributed by atoms with van der Waals surface area (Å²) in [5.41, 5.74) is 6.43. The second-order valence-electron chi connectivity index (χ2n) is 3.12. The number of anilines is 1. The summed E-state index contributed by atoms with van der Waals surface area (Å²) in [5.74, 6) is -0.0130. The third kappa shape index (κ3) is 2.75. The third-order valence-corrected chi connectivity index (χ3v) is 3.98. The molecule has 0 saturated carbocycles. The van der Waals surface area contributed by atoms with Crippen molar-refractivity contribution in [3.63, 3.8) is 0 Å². The fraction of sp³-hybridized carbons (Fsp3) is 0.100. The van der Waals surface area contributed by atoms with Crippen molar-refractivity contribution in [2.24, 2.45) is 0 Å². The molecule has 0 radical (unpaired) electrons. The molecule has 88 valence electrons. The maximum atomic E-state index is 10.9. The molecule has 0 aliphatic rings. The number of aromatic nitrogens is 2. The van der Waals surface area contributed by atoms with Crippen LogP contribution in [0.5, 0.6) is 0 Å². The Bertz CT molecular complexity index is 542. The van der Waals surface area contributed by atoms with Crippen molar-refractivity contribution in [3.05, 3.63) is 34.3 Å². The van der Waals surface area contributed by atoms with Crippen LogP contribution >= 0.6 is 23.1 Å². The molecular formula is C10H9N3O2S2. The Hall–Kier alpha value is -1.60. The van der Waals surface area contributed by atoms with E-state index in [9.17, 15) is 4.79 Å². The highest BCUT2D eigenvalue weighted by Gasteiger charge is 2.12. The quantitative estimate of drug-likeness (QED) is 0.825. The predicted octanol–water partition coefficient (Wildman–Crippen LogP) is 2.11. The summed E-state index contributed by atoms with van der Waals surface area (Å²) in [7, 11) is 0. The first-order valence-corrected chi connectivity index (χ1v) is 6.54. The van der Waals surface area contributed by atoms with Gasteiger partial charge in [0, 0.05) is 18.1 Å². The van der Waals surface area contributed by atoms with Crippen LogP contribution in [0.25, 0.3) is 0 Å². The smallest absolute Gasteiger partial charge is 0.346 e. The lowest BCUT2D eigenvalue weighted by atomic mass is 10.3. The highest BCUT2D eigenvalue weighted by atomic mass is 32.2. The lowest BCUT2D eigenvalue weighted by Crippen LogP contribution is -1.98. The number of thiophene rings is 1. The zero-order chi connectivity index (χ0) is 12.3. The molecule has 17 heavy (non-hydrogen) atoms. The lowest BCUT2D eigenvalue weighted by Gasteiger charge is -2.02. The number of carbonyl (C=O) groups is 1. The summed E-state index contributed by atoms with van der Waals surface area (Å²) >= 11 is 2.60. The van der Waals surface area contributed by atoms with Gasteiger partial charge < -0.3 is 10.8 Å². The minimum absolute atomic E-state index is 0.361. The molecule has 0 unspecified atom stereocenters. The predicted molar refractivity (Wildman–Crippen MR) is 67.3 cm³/mol. The van der Waals surface area contributed by atoms with E-state index in [1.165, 1.54) is 29.3 Å². The number of carboxylic acid groups (broad SMARTS) is 1. The Morgan fingerprint density at radius 1 is 1.47 bits per heavy atom. The zero-order valence-corrected chi connectivity index (χ0v) is 10.3. The Morgan fingerprint density at radius 3 is 2.94 bits per heavy atom. The number of nitrogen functional groups attached to an aromatic ring is 1. The van der Waals surface area contributed by atoms with Crippen LogP contribution in [-0.2, 0) is 5.75 Å². The molecule has 0 aliphatic carbocycles. The van der Waals surface area contributed by atoms with Crippen LogP contribution in [0.2, 0.25) is 0 Å². The topological polar surface area (TPSA) is 89.1 Å². The number of nitrogens with two attached hydrogens (primary N) is 1. The van der Waals surface area contributed by atoms with E-state index in [4.69, 9.17) is 10.8 Å². The second-order valence-corrected chi connectivity index (χ2v) is 5.00. The highest BCUT2D eigenvalue weighted by Crippen LogP contribution is 2.27. The van der Waals surface area contributed by atoms with Gasteiger partial charge in [-0.15, -0.1) is 11.3 Å². The molecule has 2 rings (SSSR count). The minimum Gasteiger partial charge on any atom is -0.477 e. The third-order valence-electron chi connectivity index (χ3n) is 2.00. The molecule has 0 aliphatic heterocycles. The van der Waals surface area contributed by atoms with Gasteiger partial charge in [0.15, 0.2) is 5.82 Å². The lowest BCUT2D eigenvalue weighted by molar-refractivity contribution is 0.0701. The maximum absolute atomic E-state index is 10.9. The van der Waals surface area contributed by atoms with Gasteiger partial charge in [0.1, 0.15) is 9.90 Å². The van der Waals surface area contributed by atoms with Crippen molar-refractivity contribution in [2.45, 2.75) is 10.8 Å². The number of hydrogen-bond acceptors (Lipinski definition) is 6. The van der Waals surface area contributed by atoms with Gasteiger partial charge in [-0.25, -0.2) is 14.8 Å². The van der Waals surface area contributed by atoms with Gasteiger partial charge in [-0.2, -0.15) is 0 Å². The van der Waals surface area contributed by atoms with Crippen molar-refractivity contribution < 1.29 is 9.90 Å². The summed E-state index contributed by atoms with van der Waals surface area (Å²) < 4.78 is 0. The van der Waals surface area contributed by atoms with Crippen LogP contribution in [0.1, 0.15) is 15.2 Å². The molecule has 0 aromatic carbocycles. The number of carboxylic acids is 1. The number of rotatable bonds is 4. The van der Waals surface area contributed by atoms with Crippen LogP contribution in [0, 0.1) is 0 Å². The zero-order valence-electron chi connectivity index (χ0n) is 8.66. The molecular weight excluding hydrogens is 258 g/mol. The summed E-state index contributed by atoms with van der Waals surface area (Å²) in [6, 6.07) is 1.80. The van der Waals surface area contributed by atoms with Crippen molar-refractivity contribution in [1.29, 1.82) is 0 Å². The summed E-state index contributed by atoms with van der Waals surface area (Å²) in [6.45, 7) is 0. The van der Waals surface area contributed by atoms with E-state index in [-0.39, 0.29) is 0 Å². The highest BCUT2D eigenvalue weighted by molar-refractivity contribution is 7.98. The number of thioether (sulfide) groups is 1. The van der Waals surface area contributed by atoms with Crippen molar-refractivity contribution in [3.8, 4) is 0 Å². The van der Waals surface area contributed by atoms with E-state index in [0.29, 0.717) is 21.5 Å². The van der Waals surface area contributed by atoms with Crippen LogP contribution in [0.15, 0.2) is 28.9 Å². The molecule has 7 heteroatoms. The average Bonchev–Trinajstić information content (AvgIpc) is 2.76. The molecule has 0 amide bonds. The SMILES string of the molecule is Nc1nccnc1SCc1ccsc1C(=O)O. The summed E-state index contributed by atoms with van der Waals surface area (Å²) in [5, 5.41) is 11.3. The van der Waals surface area contributed by atoms with Gasteiger partial charge in [-0.1, -0.05) is 11.8 Å². The minimum atomic E-state index is -0.900. The monoisotopic (exact) mass is 267 g/mol. The van der Waals surface area contributed by atoms with Gasteiger partial charge in [0.25, 0.3) is 0 Å². The fourth-order valence-corrected chi connectivity index (χ4v) is 2.95. The van der Waals surface area contributed by atoms with E-state index in [1.54, 1.807) is 17.6 Å². The van der Waals surface area contributed by atoms with Gasteiger partial charge in [-0.3, -0.25) is 0 Å². The number of aromatic carboxylic acids is 1. The molecule has 2 aromatic heterocycles. The Kier molecular flexibility index (Phi) is 3.60. The largest absolute Gasteiger partial charge is 0.477 e. The van der Waals surface area contributed by atoms with Crippen LogP contribution < -0.4 is 5.73 Å². The first kappa shape index (κ1) is 11.9. The first-order chi connectivity index (χ1) is 8.18. The van der Waals surface area contributed by atoms with Crippen LogP contribution in [0.4, 0.5) is 5.82 Å². The van der Waals surface area contributed by atoms with E-state index in [1.807, 2.05) is 0 Å². The molecule has 0 spiro atoms. The summed E-state index contributed by atoms with van der Waals surface area (Å²) in [6.07, 6.45) is 3.08. The van der Waals surface area contributed by atoms with Gasteiger partial charge in [0.2, 0.25) is 0 Å². The number of hydrogen-bond donors (Lipinski definition) is 2. The summed E-state index contributed by atoms with van der Waals surface area (Å²) in [4.78, 5) is 19.3. The van der Waals surface area contributed by atoms with Crippen molar-refractivity contribution in [1.82, 2.24) is 9.97 Å². The normalized spacial score (nSPS) is 10.4. The van der Waals surface area contributed by atoms with Crippen LogP contribution in [-0.4, -0.2) is 21.0 Å². The molecule has 0 fully saturated rings. The van der Waals surface area contributed by atoms with Gasteiger partial charge in [-0.05, 0) is 17.0 Å². The molecule has 2 aromatic rings. The van der Waals surface area contributed by atoms with E-state index in [2.05, 4.69) is 9.97 Å². The Labute approximate surface area is 106 Å². The first-order valence-electron chi connectivity index (χ1n) is 4.67. The Balaban J connectivity index is 2.10. The average molecular weight is 267 g/mol.